The van der Waals surface area contributed by atoms with Crippen molar-refractivity contribution in [3.63, 3.8) is 0 Å². The van der Waals surface area contributed by atoms with Crippen molar-refractivity contribution < 1.29 is 22.6 Å². The lowest BCUT2D eigenvalue weighted by atomic mass is 10.2. The van der Waals surface area contributed by atoms with Crippen molar-refractivity contribution in [2.45, 2.75) is 52.3 Å². The standard InChI is InChI=1S/C20H26F3N3O2/c1-5-6-7-11-27-19-24-13-17(20(21,22)23)18(25-19)26(4)15-9-8-10-16(12-15)28-14(2)3/h8-10,12-14H,5-7,11H2,1-4H3. The van der Waals surface area contributed by atoms with E-state index in [9.17, 15) is 13.2 Å². The molecule has 1 aromatic heterocycles. The van der Waals surface area contributed by atoms with E-state index < -0.39 is 11.7 Å². The van der Waals surface area contributed by atoms with Crippen LogP contribution in [0.3, 0.4) is 0 Å². The Kier molecular flexibility index (Phi) is 7.48. The number of rotatable bonds is 9. The first-order valence-electron chi connectivity index (χ1n) is 9.29. The Morgan fingerprint density at radius 2 is 1.93 bits per heavy atom. The van der Waals surface area contributed by atoms with Gasteiger partial charge in [-0.1, -0.05) is 25.8 Å². The number of hydrogen-bond acceptors (Lipinski definition) is 5. The van der Waals surface area contributed by atoms with Crippen LogP contribution in [0.2, 0.25) is 0 Å². The first-order valence-corrected chi connectivity index (χ1v) is 9.29. The molecule has 0 spiro atoms. The van der Waals surface area contributed by atoms with Gasteiger partial charge < -0.3 is 14.4 Å². The summed E-state index contributed by atoms with van der Waals surface area (Å²) in [7, 11) is 1.52. The second-order valence-corrected chi connectivity index (χ2v) is 6.67. The van der Waals surface area contributed by atoms with Crippen LogP contribution in [-0.4, -0.2) is 29.7 Å². The zero-order valence-electron chi connectivity index (χ0n) is 16.6. The minimum Gasteiger partial charge on any atom is -0.491 e. The highest BCUT2D eigenvalue weighted by molar-refractivity contribution is 5.64. The maximum atomic E-state index is 13.5. The van der Waals surface area contributed by atoms with Crippen LogP contribution < -0.4 is 14.4 Å². The molecule has 0 radical (unpaired) electrons. The van der Waals surface area contributed by atoms with Gasteiger partial charge in [-0.05, 0) is 32.4 Å². The van der Waals surface area contributed by atoms with E-state index >= 15 is 0 Å². The fourth-order valence-electron chi connectivity index (χ4n) is 2.56. The van der Waals surface area contributed by atoms with Crippen molar-refractivity contribution in [2.75, 3.05) is 18.6 Å². The average molecular weight is 397 g/mol. The number of nitrogens with zero attached hydrogens (tertiary/aromatic N) is 3. The number of hydrogen-bond donors (Lipinski definition) is 0. The van der Waals surface area contributed by atoms with Crippen LogP contribution in [0.25, 0.3) is 0 Å². The van der Waals surface area contributed by atoms with Crippen LogP contribution in [0, 0.1) is 0 Å². The zero-order chi connectivity index (χ0) is 20.7. The highest BCUT2D eigenvalue weighted by Crippen LogP contribution is 2.38. The van der Waals surface area contributed by atoms with Crippen LogP contribution in [0.4, 0.5) is 24.7 Å². The van der Waals surface area contributed by atoms with E-state index in [1.807, 2.05) is 13.8 Å². The average Bonchev–Trinajstić information content (AvgIpc) is 2.63. The molecule has 0 amide bonds. The number of alkyl halides is 3. The molecule has 0 saturated heterocycles. The van der Waals surface area contributed by atoms with E-state index in [0.29, 0.717) is 18.0 Å². The predicted molar refractivity (Wildman–Crippen MR) is 102 cm³/mol. The molecular weight excluding hydrogens is 371 g/mol. The maximum absolute atomic E-state index is 13.5. The lowest BCUT2D eigenvalue weighted by Crippen LogP contribution is -2.19. The Balaban J connectivity index is 2.34. The Labute approximate surface area is 163 Å². The summed E-state index contributed by atoms with van der Waals surface area (Å²) in [6.07, 6.45) is -1.09. The quantitative estimate of drug-likeness (QED) is 0.514. The van der Waals surface area contributed by atoms with Gasteiger partial charge in [0.25, 0.3) is 0 Å². The summed E-state index contributed by atoms with van der Waals surface area (Å²) in [6.45, 7) is 6.17. The molecule has 28 heavy (non-hydrogen) atoms. The summed E-state index contributed by atoms with van der Waals surface area (Å²) >= 11 is 0. The Morgan fingerprint density at radius 1 is 1.18 bits per heavy atom. The number of benzene rings is 1. The van der Waals surface area contributed by atoms with Gasteiger partial charge >= 0.3 is 12.2 Å². The van der Waals surface area contributed by atoms with Gasteiger partial charge in [0.05, 0.1) is 12.7 Å². The molecule has 1 heterocycles. The van der Waals surface area contributed by atoms with Gasteiger partial charge in [0, 0.05) is 25.0 Å². The van der Waals surface area contributed by atoms with Gasteiger partial charge in [0.2, 0.25) is 0 Å². The Hall–Kier alpha value is -2.51. The van der Waals surface area contributed by atoms with Crippen molar-refractivity contribution in [2.24, 2.45) is 0 Å². The van der Waals surface area contributed by atoms with E-state index in [2.05, 4.69) is 16.9 Å². The molecule has 5 nitrogen and oxygen atoms in total. The fourth-order valence-corrected chi connectivity index (χ4v) is 2.56. The van der Waals surface area contributed by atoms with Gasteiger partial charge in [0.1, 0.15) is 11.3 Å². The van der Waals surface area contributed by atoms with Crippen LogP contribution in [0.15, 0.2) is 30.5 Å². The number of unbranched alkanes of at least 4 members (excludes halogenated alkanes) is 2. The molecule has 0 aliphatic carbocycles. The van der Waals surface area contributed by atoms with Crippen molar-refractivity contribution >= 4 is 11.5 Å². The molecule has 2 rings (SSSR count). The third-order valence-electron chi connectivity index (χ3n) is 3.93. The van der Waals surface area contributed by atoms with E-state index in [1.54, 1.807) is 24.3 Å². The third-order valence-corrected chi connectivity index (χ3v) is 3.93. The predicted octanol–water partition coefficient (Wildman–Crippen LogP) is 5.62. The molecule has 0 N–H and O–H groups in total. The molecule has 1 aromatic carbocycles. The number of ether oxygens (including phenoxy) is 2. The van der Waals surface area contributed by atoms with E-state index in [4.69, 9.17) is 9.47 Å². The molecule has 0 aliphatic heterocycles. The van der Waals surface area contributed by atoms with Crippen LogP contribution in [0.1, 0.15) is 45.6 Å². The van der Waals surface area contributed by atoms with Gasteiger partial charge in [-0.2, -0.15) is 18.2 Å². The van der Waals surface area contributed by atoms with Crippen molar-refractivity contribution in [3.05, 3.63) is 36.0 Å². The van der Waals surface area contributed by atoms with Gasteiger partial charge in [-0.25, -0.2) is 4.98 Å². The lowest BCUT2D eigenvalue weighted by Gasteiger charge is -2.23. The van der Waals surface area contributed by atoms with Crippen LogP contribution >= 0.6 is 0 Å². The summed E-state index contributed by atoms with van der Waals surface area (Å²) in [6, 6.07) is 6.77. The summed E-state index contributed by atoms with van der Waals surface area (Å²) in [5.41, 5.74) is -0.412. The molecule has 8 heteroatoms. The molecule has 2 aromatic rings. The number of aromatic nitrogens is 2. The summed E-state index contributed by atoms with van der Waals surface area (Å²) in [5, 5.41) is 0. The second kappa shape index (κ2) is 9.61. The van der Waals surface area contributed by atoms with Crippen LogP contribution in [0.5, 0.6) is 11.8 Å². The van der Waals surface area contributed by atoms with Crippen LogP contribution in [-0.2, 0) is 6.18 Å². The SMILES string of the molecule is CCCCCOc1ncc(C(F)(F)F)c(N(C)c2cccc(OC(C)C)c2)n1. The van der Waals surface area contributed by atoms with Crippen molar-refractivity contribution in [1.82, 2.24) is 9.97 Å². The molecule has 0 bridgehead atoms. The zero-order valence-corrected chi connectivity index (χ0v) is 16.6. The van der Waals surface area contributed by atoms with Crippen molar-refractivity contribution in [3.8, 4) is 11.8 Å². The monoisotopic (exact) mass is 397 g/mol. The topological polar surface area (TPSA) is 47.5 Å². The van der Waals surface area contributed by atoms with E-state index in [1.165, 1.54) is 11.9 Å². The highest BCUT2D eigenvalue weighted by Gasteiger charge is 2.36. The molecule has 0 aliphatic rings. The normalized spacial score (nSPS) is 11.6. The largest absolute Gasteiger partial charge is 0.491 e. The molecule has 0 atom stereocenters. The third kappa shape index (κ3) is 6.00. The number of halogens is 3. The minimum absolute atomic E-state index is 0.0477. The Bertz CT molecular complexity index is 767. The second-order valence-electron chi connectivity index (χ2n) is 6.67. The van der Waals surface area contributed by atoms with Gasteiger partial charge in [0.15, 0.2) is 5.82 Å². The van der Waals surface area contributed by atoms with Gasteiger partial charge in [-0.15, -0.1) is 0 Å². The van der Waals surface area contributed by atoms with E-state index in [0.717, 1.165) is 25.5 Å². The molecule has 154 valence electrons. The summed E-state index contributed by atoms with van der Waals surface area (Å²) in [4.78, 5) is 9.12. The number of anilines is 2. The molecule has 0 fully saturated rings. The molecular formula is C20H26F3N3O2. The molecule has 0 unspecified atom stereocenters. The smallest absolute Gasteiger partial charge is 0.421 e. The fraction of sp³-hybridized carbons (Fsp3) is 0.500. The Morgan fingerprint density at radius 3 is 2.57 bits per heavy atom. The van der Waals surface area contributed by atoms with Crippen molar-refractivity contribution in [1.29, 1.82) is 0 Å². The minimum atomic E-state index is -4.59. The summed E-state index contributed by atoms with van der Waals surface area (Å²) in [5.74, 6) is 0.299. The summed E-state index contributed by atoms with van der Waals surface area (Å²) < 4.78 is 51.5. The first-order chi connectivity index (χ1) is 13.2. The lowest BCUT2D eigenvalue weighted by molar-refractivity contribution is -0.137. The first kappa shape index (κ1) is 21.8. The van der Waals surface area contributed by atoms with Gasteiger partial charge in [-0.3, -0.25) is 0 Å². The highest BCUT2D eigenvalue weighted by atomic mass is 19.4. The molecule has 0 saturated carbocycles. The maximum Gasteiger partial charge on any atom is 0.421 e. The van der Waals surface area contributed by atoms with E-state index in [-0.39, 0.29) is 17.9 Å².